The van der Waals surface area contributed by atoms with Gasteiger partial charge in [0.1, 0.15) is 11.8 Å². The van der Waals surface area contributed by atoms with Crippen molar-refractivity contribution in [2.75, 3.05) is 0 Å². The first kappa shape index (κ1) is 20.6. The van der Waals surface area contributed by atoms with E-state index in [4.69, 9.17) is 15.6 Å². The molecule has 0 unspecified atom stereocenters. The van der Waals surface area contributed by atoms with Gasteiger partial charge in [0.15, 0.2) is 5.71 Å². The average Bonchev–Trinajstić information content (AvgIpc) is 3.13. The van der Waals surface area contributed by atoms with E-state index in [1.165, 1.54) is 46.5 Å². The van der Waals surface area contributed by atoms with Crippen LogP contribution in [0.1, 0.15) is 22.3 Å². The summed E-state index contributed by atoms with van der Waals surface area (Å²) in [6.07, 6.45) is 5.59. The number of hydrogen-bond donors (Lipinski definition) is 2. The fraction of sp³-hybridized carbons (Fsp3) is 0.130. The Labute approximate surface area is 174 Å². The lowest BCUT2D eigenvalue weighted by Crippen LogP contribution is -1.98. The van der Waals surface area contributed by atoms with E-state index < -0.39 is 0 Å². The van der Waals surface area contributed by atoms with Crippen LogP contribution in [0.2, 0.25) is 0 Å². The topological polar surface area (TPSA) is 107 Å². The molecule has 7 heteroatoms. The number of hydrogen-bond acceptors (Lipinski definition) is 6. The van der Waals surface area contributed by atoms with Gasteiger partial charge >= 0.3 is 0 Å². The lowest BCUT2D eigenvalue weighted by atomic mass is 10.1. The smallest absolute Gasteiger partial charge is 0.186 e. The molecular formula is C23H21N5O2. The molecule has 2 aromatic carbocycles. The molecule has 4 rings (SSSR count). The molecule has 30 heavy (non-hydrogen) atoms. The summed E-state index contributed by atoms with van der Waals surface area (Å²) in [7, 11) is 0. The van der Waals surface area contributed by atoms with Crippen LogP contribution in [0.3, 0.4) is 0 Å². The first-order valence-corrected chi connectivity index (χ1v) is 9.24. The molecule has 0 aliphatic rings. The number of nitriles is 1. The third kappa shape index (κ3) is 4.80. The van der Waals surface area contributed by atoms with Gasteiger partial charge in [0.05, 0.1) is 23.9 Å². The molecular weight excluding hydrogens is 378 g/mol. The van der Waals surface area contributed by atoms with Crippen molar-refractivity contribution in [3.05, 3.63) is 89.5 Å². The maximum Gasteiger partial charge on any atom is 0.186 e. The van der Waals surface area contributed by atoms with Gasteiger partial charge in [-0.3, -0.25) is 4.98 Å². The van der Waals surface area contributed by atoms with E-state index in [0.29, 0.717) is 5.56 Å². The highest BCUT2D eigenvalue weighted by molar-refractivity contribution is 6.11. The Morgan fingerprint density at radius 3 is 2.50 bits per heavy atom. The highest BCUT2D eigenvalue weighted by atomic mass is 16.4. The summed E-state index contributed by atoms with van der Waals surface area (Å²) in [6.45, 7) is 5.07. The van der Waals surface area contributed by atoms with E-state index in [1.807, 2.05) is 18.6 Å². The van der Waals surface area contributed by atoms with E-state index in [9.17, 15) is 0 Å². The molecule has 0 radical (unpaired) electrons. The van der Waals surface area contributed by atoms with Gasteiger partial charge in [-0.05, 0) is 73.0 Å². The van der Waals surface area contributed by atoms with E-state index in [0.717, 1.165) is 12.1 Å². The molecule has 2 heterocycles. The summed E-state index contributed by atoms with van der Waals surface area (Å²) in [5.41, 5.74) is 6.41. The molecule has 7 nitrogen and oxygen atoms in total. The minimum atomic E-state index is -0.0741. The van der Waals surface area contributed by atoms with Crippen molar-refractivity contribution in [1.29, 1.82) is 5.26 Å². The molecule has 2 aromatic heterocycles. The van der Waals surface area contributed by atoms with Crippen molar-refractivity contribution in [1.82, 2.24) is 14.5 Å². The number of phenols is 1. The summed E-state index contributed by atoms with van der Waals surface area (Å²) in [5.74, 6) is 0.106. The summed E-state index contributed by atoms with van der Waals surface area (Å²) >= 11 is 0. The Hall–Kier alpha value is -4.18. The van der Waals surface area contributed by atoms with Crippen molar-refractivity contribution < 1.29 is 10.3 Å². The lowest BCUT2D eigenvalue weighted by Gasteiger charge is -2.05. The van der Waals surface area contributed by atoms with Crippen molar-refractivity contribution in [3.63, 3.8) is 0 Å². The number of pyridine rings is 1. The number of fused-ring (bicyclic) bond motifs is 1. The Morgan fingerprint density at radius 2 is 1.87 bits per heavy atom. The molecule has 0 spiro atoms. The van der Waals surface area contributed by atoms with Crippen LogP contribution in [-0.2, 0) is 6.54 Å². The number of imidazole rings is 1. The molecule has 0 amide bonds. The number of phenolic OH excluding ortho intramolecular Hbond substituents is 1. The zero-order valence-electron chi connectivity index (χ0n) is 16.7. The molecule has 0 fully saturated rings. The Morgan fingerprint density at radius 1 is 1.13 bits per heavy atom. The molecule has 0 saturated heterocycles. The van der Waals surface area contributed by atoms with Crippen LogP contribution in [0.15, 0.2) is 72.4 Å². The fourth-order valence-electron chi connectivity index (χ4n) is 2.89. The summed E-state index contributed by atoms with van der Waals surface area (Å²) in [6, 6.07) is 15.9. The number of aromatic hydroxyl groups is 1. The third-order valence-corrected chi connectivity index (χ3v) is 4.66. The highest BCUT2D eigenvalue weighted by Gasteiger charge is 2.05. The third-order valence-electron chi connectivity index (χ3n) is 4.66. The summed E-state index contributed by atoms with van der Waals surface area (Å²) in [4.78, 5) is 8.60. The molecule has 0 bridgehead atoms. The molecule has 0 saturated carbocycles. The fourth-order valence-corrected chi connectivity index (χ4v) is 2.89. The zero-order chi connectivity index (χ0) is 21.5. The highest BCUT2D eigenvalue weighted by Crippen LogP contribution is 2.19. The zero-order valence-corrected chi connectivity index (χ0v) is 16.7. The van der Waals surface area contributed by atoms with Crippen LogP contribution < -0.4 is 0 Å². The van der Waals surface area contributed by atoms with Gasteiger partial charge in [-0.2, -0.15) is 5.26 Å². The Kier molecular flexibility index (Phi) is 6.40. The Balaban J connectivity index is 0.000000187. The van der Waals surface area contributed by atoms with Crippen molar-refractivity contribution in [3.8, 4) is 11.8 Å². The van der Waals surface area contributed by atoms with Gasteiger partial charge < -0.3 is 14.9 Å². The van der Waals surface area contributed by atoms with Gasteiger partial charge in [-0.1, -0.05) is 11.2 Å². The van der Waals surface area contributed by atoms with Gasteiger partial charge in [-0.15, -0.1) is 0 Å². The predicted molar refractivity (Wildman–Crippen MR) is 115 cm³/mol. The van der Waals surface area contributed by atoms with Gasteiger partial charge in [-0.25, -0.2) is 4.98 Å². The van der Waals surface area contributed by atoms with Crippen LogP contribution in [0.5, 0.6) is 5.75 Å². The van der Waals surface area contributed by atoms with Crippen molar-refractivity contribution in [2.24, 2.45) is 5.16 Å². The minimum Gasteiger partial charge on any atom is -0.508 e. The number of nitrogens with zero attached hydrogens (tertiary/aromatic N) is 5. The maximum absolute atomic E-state index is 8.90. The summed E-state index contributed by atoms with van der Waals surface area (Å²) < 4.78 is 2.17. The minimum absolute atomic E-state index is 0.0741. The Bertz CT molecular complexity index is 1210. The number of aryl methyl sites for hydroxylation is 2. The standard InChI is InChI=1S/C15H15N3.C8H6N2O2/c1-11-6-14-15(7-12(11)2)18(10-17-14)9-13-4-3-5-16-8-13;9-5-8(10-12)6-1-3-7(11)4-2-6/h3-8,10H,9H2,1-2H3;1-4,11-12H/b;10-8+. The second kappa shape index (κ2) is 9.34. The van der Waals surface area contributed by atoms with Crippen LogP contribution in [0.4, 0.5) is 0 Å². The van der Waals surface area contributed by atoms with Gasteiger partial charge in [0, 0.05) is 18.0 Å². The molecule has 2 N–H and O–H groups in total. The SMILES string of the molecule is Cc1cc2ncn(Cc3cccnc3)c2cc1C.N#C/C(=N\O)c1ccc(O)cc1. The monoisotopic (exact) mass is 399 g/mol. The van der Waals surface area contributed by atoms with Crippen LogP contribution >= 0.6 is 0 Å². The van der Waals surface area contributed by atoms with Crippen molar-refractivity contribution in [2.45, 2.75) is 20.4 Å². The second-order valence-electron chi connectivity index (χ2n) is 6.77. The van der Waals surface area contributed by atoms with E-state index >= 15 is 0 Å². The molecule has 0 aliphatic carbocycles. The second-order valence-corrected chi connectivity index (χ2v) is 6.77. The van der Waals surface area contributed by atoms with E-state index in [2.05, 4.69) is 51.7 Å². The van der Waals surface area contributed by atoms with E-state index in [1.54, 1.807) is 12.3 Å². The maximum atomic E-state index is 8.90. The molecule has 150 valence electrons. The van der Waals surface area contributed by atoms with Crippen LogP contribution in [0.25, 0.3) is 11.0 Å². The number of aromatic nitrogens is 3. The largest absolute Gasteiger partial charge is 0.508 e. The summed E-state index contributed by atoms with van der Waals surface area (Å²) in [5, 5.41) is 28.5. The molecule has 0 atom stereocenters. The van der Waals surface area contributed by atoms with Crippen LogP contribution in [-0.4, -0.2) is 30.6 Å². The van der Waals surface area contributed by atoms with Gasteiger partial charge in [0.2, 0.25) is 0 Å². The number of rotatable bonds is 3. The van der Waals surface area contributed by atoms with E-state index in [-0.39, 0.29) is 11.5 Å². The first-order valence-electron chi connectivity index (χ1n) is 9.24. The average molecular weight is 399 g/mol. The number of benzene rings is 2. The number of oxime groups is 1. The lowest BCUT2D eigenvalue weighted by molar-refractivity contribution is 0.320. The molecule has 4 aromatic rings. The van der Waals surface area contributed by atoms with Crippen molar-refractivity contribution >= 4 is 16.7 Å². The van der Waals surface area contributed by atoms with Gasteiger partial charge in [0.25, 0.3) is 0 Å². The molecule has 0 aliphatic heterocycles. The quantitative estimate of drug-likeness (QED) is 0.305. The normalized spacial score (nSPS) is 10.9. The first-order chi connectivity index (χ1) is 14.5. The predicted octanol–water partition coefficient (Wildman–Crippen LogP) is 4.19. The van der Waals surface area contributed by atoms with Crippen LogP contribution in [0, 0.1) is 25.2 Å².